The number of imide groups is 1. The average Bonchev–Trinajstić information content (AvgIpc) is 3.36. The minimum absolute atomic E-state index is 0.0451. The molecule has 1 heterocycles. The number of benzene rings is 1. The van der Waals surface area contributed by atoms with Crippen LogP contribution in [0.15, 0.2) is 42.0 Å². The van der Waals surface area contributed by atoms with Crippen LogP contribution in [0, 0.1) is 5.41 Å². The first-order chi connectivity index (χ1) is 25.1. The molecule has 1 fully saturated rings. The molecule has 1 aliphatic rings. The molecule has 0 saturated carbocycles. The summed E-state index contributed by atoms with van der Waals surface area (Å²) in [7, 11) is 3.20. The molecule has 1 saturated heterocycles. The molecule has 0 aromatic heterocycles. The van der Waals surface area contributed by atoms with Crippen molar-refractivity contribution >= 4 is 59.1 Å². The smallest absolute Gasteiger partial charge is 0.326 e. The number of hydrogen-bond acceptors (Lipinski definition) is 10. The Labute approximate surface area is 320 Å². The minimum Gasteiger partial charge on any atom is -0.481 e. The van der Waals surface area contributed by atoms with Crippen LogP contribution in [-0.4, -0.2) is 130 Å². The number of hydrogen-bond donors (Lipinski definition) is 6. The topological polar surface area (TPSA) is 232 Å². The summed E-state index contributed by atoms with van der Waals surface area (Å²) in [6.07, 6.45) is 0.557. The van der Waals surface area contributed by atoms with Crippen molar-refractivity contribution in [1.82, 2.24) is 31.1 Å². The predicted molar refractivity (Wildman–Crippen MR) is 202 cm³/mol. The van der Waals surface area contributed by atoms with Gasteiger partial charge in [-0.15, -0.1) is 11.8 Å². The fourth-order valence-corrected chi connectivity index (χ4v) is 6.86. The van der Waals surface area contributed by atoms with Crippen LogP contribution in [0.2, 0.25) is 0 Å². The molecule has 4 atom stereocenters. The highest BCUT2D eigenvalue weighted by Gasteiger charge is 2.41. The van der Waals surface area contributed by atoms with E-state index in [1.165, 1.54) is 24.9 Å². The van der Waals surface area contributed by atoms with Gasteiger partial charge in [0.2, 0.25) is 35.4 Å². The van der Waals surface area contributed by atoms with E-state index < -0.39 is 82.1 Å². The van der Waals surface area contributed by atoms with E-state index in [2.05, 4.69) is 21.3 Å². The summed E-state index contributed by atoms with van der Waals surface area (Å²) >= 11 is 1.07. The number of nitrogens with zero attached hydrogens (tertiary/aromatic N) is 2. The van der Waals surface area contributed by atoms with E-state index in [1.54, 1.807) is 7.05 Å². The maximum absolute atomic E-state index is 13.7. The van der Waals surface area contributed by atoms with Crippen molar-refractivity contribution in [2.45, 2.75) is 89.6 Å². The zero-order valence-corrected chi connectivity index (χ0v) is 33.0. The first kappa shape index (κ1) is 45.4. The van der Waals surface area contributed by atoms with Gasteiger partial charge in [-0.1, -0.05) is 71.0 Å². The van der Waals surface area contributed by atoms with Crippen molar-refractivity contribution in [3.63, 3.8) is 0 Å². The number of aliphatic carboxylic acids is 2. The number of carbonyl (C=O) groups is 8. The van der Waals surface area contributed by atoms with Crippen molar-refractivity contribution in [3.05, 3.63) is 47.5 Å². The Hall–Kier alpha value is -4.77. The standard InChI is InChI=1S/C37H54N6O10S/c1-22(14-17-42(8)34(51)30(36(2,3)4)41-32(49)29(38-7)37(5,6)23-12-10-9-11-13-23)31(48)40-24(35(52)53)20-26(44)39-16-18-43-27(45)21-25(33(43)50)54-19-15-28(46)47/h9-14,24-25,29-30,38H,15-21H2,1-8H3,(H,39,44)(H,40,48)(H,41,49)(H,46,47)(H,52,53)/b22-14+/t24-,25?,29?,30?/m0/s1. The van der Waals surface area contributed by atoms with Gasteiger partial charge in [0.25, 0.3) is 0 Å². The largest absolute Gasteiger partial charge is 0.481 e. The number of carboxylic acids is 2. The Bertz CT molecular complexity index is 1590. The van der Waals surface area contributed by atoms with Gasteiger partial charge < -0.3 is 36.4 Å². The third-order valence-electron chi connectivity index (χ3n) is 9.08. The van der Waals surface area contributed by atoms with E-state index in [9.17, 15) is 43.5 Å². The minimum atomic E-state index is -1.61. The van der Waals surface area contributed by atoms with Gasteiger partial charge in [0.15, 0.2) is 0 Å². The maximum atomic E-state index is 13.7. The highest BCUT2D eigenvalue weighted by atomic mass is 32.2. The van der Waals surface area contributed by atoms with Crippen LogP contribution < -0.4 is 21.3 Å². The van der Waals surface area contributed by atoms with Gasteiger partial charge in [0, 0.05) is 49.8 Å². The molecule has 2 rings (SSSR count). The summed E-state index contributed by atoms with van der Waals surface area (Å²) in [6, 6.07) is 6.34. The number of thioether (sulfide) groups is 1. The zero-order chi connectivity index (χ0) is 41.0. The maximum Gasteiger partial charge on any atom is 0.326 e. The van der Waals surface area contributed by atoms with Crippen molar-refractivity contribution in [1.29, 1.82) is 0 Å². The fourth-order valence-electron chi connectivity index (χ4n) is 5.75. The van der Waals surface area contributed by atoms with Gasteiger partial charge in [-0.3, -0.25) is 38.5 Å². The summed E-state index contributed by atoms with van der Waals surface area (Å²) in [5.74, 6) is -5.56. The number of likely N-dealkylation sites (tertiary alicyclic amines) is 1. The Morgan fingerprint density at radius 2 is 1.63 bits per heavy atom. The van der Waals surface area contributed by atoms with E-state index in [0.717, 1.165) is 22.2 Å². The lowest BCUT2D eigenvalue weighted by Gasteiger charge is -2.38. The molecule has 0 aliphatic carbocycles. The van der Waals surface area contributed by atoms with Crippen LogP contribution in [0.1, 0.15) is 66.4 Å². The number of nitrogens with one attached hydrogen (secondary N) is 4. The third kappa shape index (κ3) is 13.0. The first-order valence-corrected chi connectivity index (χ1v) is 18.6. The van der Waals surface area contributed by atoms with E-state index in [1.807, 2.05) is 65.0 Å². The van der Waals surface area contributed by atoms with Crippen LogP contribution in [-0.2, 0) is 43.8 Å². The summed E-state index contributed by atoms with van der Waals surface area (Å²) < 4.78 is 0. The lowest BCUT2D eigenvalue weighted by atomic mass is 9.76. The third-order valence-corrected chi connectivity index (χ3v) is 10.3. The monoisotopic (exact) mass is 774 g/mol. The zero-order valence-electron chi connectivity index (χ0n) is 32.2. The van der Waals surface area contributed by atoms with Gasteiger partial charge in [-0.2, -0.15) is 0 Å². The number of carbonyl (C=O) groups excluding carboxylic acids is 6. The number of likely N-dealkylation sites (N-methyl/N-ethyl adjacent to an activating group) is 2. The van der Waals surface area contributed by atoms with Crippen LogP contribution >= 0.6 is 11.8 Å². The molecule has 3 unspecified atom stereocenters. The van der Waals surface area contributed by atoms with Gasteiger partial charge in [0.05, 0.1) is 24.1 Å². The Morgan fingerprint density at radius 3 is 2.19 bits per heavy atom. The summed E-state index contributed by atoms with van der Waals surface area (Å²) in [5.41, 5.74) is -0.288. The van der Waals surface area contributed by atoms with Gasteiger partial charge in [-0.25, -0.2) is 4.79 Å². The quantitative estimate of drug-likeness (QED) is 0.0802. The Morgan fingerprint density at radius 1 is 1.00 bits per heavy atom. The predicted octanol–water partition coefficient (Wildman–Crippen LogP) is 0.899. The summed E-state index contributed by atoms with van der Waals surface area (Å²) in [5, 5.41) is 28.5. The molecule has 0 bridgehead atoms. The second kappa shape index (κ2) is 20.1. The molecule has 54 heavy (non-hydrogen) atoms. The SMILES string of the molecule is CNC(C(=O)NC(C(=O)N(C)C/C=C(\C)C(=O)N[C@@H](CC(=O)NCCN1C(=O)CC(SCCC(=O)O)C1=O)C(=O)O)C(C)(C)C)C(C)(C)c1ccccc1. The van der Waals surface area contributed by atoms with Crippen molar-refractivity contribution < 1.29 is 48.6 Å². The Kier molecular flexibility index (Phi) is 16.9. The van der Waals surface area contributed by atoms with Crippen molar-refractivity contribution in [2.24, 2.45) is 5.41 Å². The Balaban J connectivity index is 1.97. The fraction of sp³-hybridized carbons (Fsp3) is 0.568. The second-order valence-electron chi connectivity index (χ2n) is 14.7. The molecule has 0 radical (unpaired) electrons. The highest BCUT2D eigenvalue weighted by molar-refractivity contribution is 8.00. The van der Waals surface area contributed by atoms with Crippen molar-refractivity contribution in [3.8, 4) is 0 Å². The van der Waals surface area contributed by atoms with Gasteiger partial charge in [-0.05, 0) is 24.9 Å². The first-order valence-electron chi connectivity index (χ1n) is 17.5. The van der Waals surface area contributed by atoms with Crippen molar-refractivity contribution in [2.75, 3.05) is 39.5 Å². The molecular formula is C37H54N6O10S. The lowest BCUT2D eigenvalue weighted by Crippen LogP contribution is -2.60. The van der Waals surface area contributed by atoms with Crippen LogP contribution in [0.5, 0.6) is 0 Å². The molecule has 16 nitrogen and oxygen atoms in total. The lowest BCUT2D eigenvalue weighted by molar-refractivity contribution is -0.143. The molecule has 6 N–H and O–H groups in total. The number of carboxylic acid groups (broad SMARTS) is 2. The second-order valence-corrected chi connectivity index (χ2v) is 16.0. The average molecular weight is 775 g/mol. The molecule has 6 amide bonds. The van der Waals surface area contributed by atoms with Crippen LogP contribution in [0.4, 0.5) is 0 Å². The summed E-state index contributed by atoms with van der Waals surface area (Å²) in [6.45, 7) is 10.4. The van der Waals surface area contributed by atoms with Gasteiger partial charge in [0.1, 0.15) is 12.1 Å². The highest BCUT2D eigenvalue weighted by Crippen LogP contribution is 2.29. The van der Waals surface area contributed by atoms with E-state index in [0.29, 0.717) is 0 Å². The molecule has 298 valence electrons. The normalized spacial score (nSPS) is 16.6. The van der Waals surface area contributed by atoms with Gasteiger partial charge >= 0.3 is 11.9 Å². The summed E-state index contributed by atoms with van der Waals surface area (Å²) in [4.78, 5) is 103. The molecular weight excluding hydrogens is 721 g/mol. The number of amides is 6. The van der Waals surface area contributed by atoms with Crippen LogP contribution in [0.25, 0.3) is 0 Å². The number of rotatable bonds is 20. The van der Waals surface area contributed by atoms with E-state index >= 15 is 0 Å². The molecule has 1 aliphatic heterocycles. The van der Waals surface area contributed by atoms with Crippen LogP contribution in [0.3, 0.4) is 0 Å². The molecule has 17 heteroatoms. The van der Waals surface area contributed by atoms with E-state index in [4.69, 9.17) is 5.11 Å². The van der Waals surface area contributed by atoms with E-state index in [-0.39, 0.29) is 49.7 Å². The molecule has 1 aromatic rings. The molecule has 0 spiro atoms. The molecule has 1 aromatic carbocycles.